The van der Waals surface area contributed by atoms with Gasteiger partial charge in [0.2, 0.25) is 15.9 Å². The van der Waals surface area contributed by atoms with Gasteiger partial charge in [0.25, 0.3) is 0 Å². The zero-order valence-corrected chi connectivity index (χ0v) is 18.6. The van der Waals surface area contributed by atoms with Crippen LogP contribution in [0, 0.1) is 6.92 Å². The number of hydrogen-bond acceptors (Lipinski definition) is 4. The SMILES string of the molecule is Cc1ccc(S(=O)(=O)NCCC(=O)N(C)Cc2ccccc2N2CCCCC2)cc1. The molecule has 1 fully saturated rings. The molecule has 0 spiro atoms. The molecule has 30 heavy (non-hydrogen) atoms. The monoisotopic (exact) mass is 429 g/mol. The lowest BCUT2D eigenvalue weighted by Crippen LogP contribution is -2.33. The molecule has 0 unspecified atom stereocenters. The second-order valence-corrected chi connectivity index (χ2v) is 9.65. The van der Waals surface area contributed by atoms with Crippen molar-refractivity contribution < 1.29 is 13.2 Å². The number of rotatable bonds is 8. The van der Waals surface area contributed by atoms with E-state index in [2.05, 4.69) is 21.8 Å². The average Bonchev–Trinajstić information content (AvgIpc) is 2.75. The minimum atomic E-state index is -3.61. The van der Waals surface area contributed by atoms with E-state index in [0.29, 0.717) is 6.54 Å². The van der Waals surface area contributed by atoms with Crippen molar-refractivity contribution in [3.05, 3.63) is 59.7 Å². The minimum Gasteiger partial charge on any atom is -0.371 e. The highest BCUT2D eigenvalue weighted by Gasteiger charge is 2.18. The lowest BCUT2D eigenvalue weighted by atomic mass is 10.1. The zero-order chi connectivity index (χ0) is 21.6. The van der Waals surface area contributed by atoms with E-state index >= 15 is 0 Å². The van der Waals surface area contributed by atoms with E-state index in [1.54, 1.807) is 36.2 Å². The van der Waals surface area contributed by atoms with Crippen molar-refractivity contribution in [3.8, 4) is 0 Å². The van der Waals surface area contributed by atoms with Crippen molar-refractivity contribution >= 4 is 21.6 Å². The standard InChI is InChI=1S/C23H31N3O3S/c1-19-10-12-21(13-11-19)30(28,29)24-15-14-23(27)25(2)18-20-8-4-5-9-22(20)26-16-6-3-7-17-26/h4-5,8-13,24H,3,6-7,14-18H2,1-2H3. The molecular formula is C23H31N3O3S. The number of nitrogens with one attached hydrogen (secondary N) is 1. The van der Waals surface area contributed by atoms with E-state index in [1.165, 1.54) is 24.9 Å². The molecule has 0 atom stereocenters. The van der Waals surface area contributed by atoms with Gasteiger partial charge in [0.1, 0.15) is 0 Å². The number of amides is 1. The van der Waals surface area contributed by atoms with Gasteiger partial charge in [0.05, 0.1) is 4.90 Å². The summed E-state index contributed by atoms with van der Waals surface area (Å²) >= 11 is 0. The van der Waals surface area contributed by atoms with Gasteiger partial charge in [-0.1, -0.05) is 35.9 Å². The number of piperidine rings is 1. The van der Waals surface area contributed by atoms with Crippen LogP contribution >= 0.6 is 0 Å². The Morgan fingerprint density at radius 1 is 1.03 bits per heavy atom. The van der Waals surface area contributed by atoms with E-state index in [-0.39, 0.29) is 23.8 Å². The van der Waals surface area contributed by atoms with Gasteiger partial charge in [0, 0.05) is 45.3 Å². The van der Waals surface area contributed by atoms with Crippen LogP contribution in [0.15, 0.2) is 53.4 Å². The summed E-state index contributed by atoms with van der Waals surface area (Å²) in [5, 5.41) is 0. The maximum absolute atomic E-state index is 12.6. The van der Waals surface area contributed by atoms with Crippen molar-refractivity contribution in [2.24, 2.45) is 0 Å². The molecule has 0 saturated carbocycles. The van der Waals surface area contributed by atoms with Crippen LogP contribution in [0.2, 0.25) is 0 Å². The van der Waals surface area contributed by atoms with Crippen LogP contribution in [0.1, 0.15) is 36.8 Å². The first-order valence-corrected chi connectivity index (χ1v) is 12.0. The highest BCUT2D eigenvalue weighted by molar-refractivity contribution is 7.89. The van der Waals surface area contributed by atoms with Gasteiger partial charge >= 0.3 is 0 Å². The number of carbonyl (C=O) groups is 1. The maximum atomic E-state index is 12.6. The summed E-state index contributed by atoms with van der Waals surface area (Å²) in [5.74, 6) is -0.0879. The number of carbonyl (C=O) groups excluding carboxylic acids is 1. The molecule has 1 heterocycles. The van der Waals surface area contributed by atoms with Crippen molar-refractivity contribution in [2.75, 3.05) is 31.6 Å². The molecule has 0 bridgehead atoms. The molecule has 162 valence electrons. The third kappa shape index (κ3) is 5.83. The number of para-hydroxylation sites is 1. The van der Waals surface area contributed by atoms with Crippen molar-refractivity contribution in [3.63, 3.8) is 0 Å². The number of hydrogen-bond donors (Lipinski definition) is 1. The number of benzene rings is 2. The number of aryl methyl sites for hydroxylation is 1. The Labute approximate surface area is 179 Å². The fourth-order valence-corrected chi connectivity index (χ4v) is 4.75. The van der Waals surface area contributed by atoms with Crippen LogP contribution in [-0.2, 0) is 21.4 Å². The van der Waals surface area contributed by atoms with E-state index in [1.807, 2.05) is 19.1 Å². The van der Waals surface area contributed by atoms with E-state index in [0.717, 1.165) is 24.2 Å². The Balaban J connectivity index is 1.55. The normalized spacial score (nSPS) is 14.5. The summed E-state index contributed by atoms with van der Waals surface area (Å²) in [4.78, 5) is 16.9. The summed E-state index contributed by atoms with van der Waals surface area (Å²) in [5.41, 5.74) is 3.31. The highest BCUT2D eigenvalue weighted by Crippen LogP contribution is 2.25. The van der Waals surface area contributed by atoms with E-state index in [9.17, 15) is 13.2 Å². The minimum absolute atomic E-state index is 0.0765. The molecule has 0 aliphatic carbocycles. The fourth-order valence-electron chi connectivity index (χ4n) is 3.72. The molecular weight excluding hydrogens is 398 g/mol. The Morgan fingerprint density at radius 3 is 2.40 bits per heavy atom. The predicted octanol–water partition coefficient (Wildman–Crippen LogP) is 3.31. The topological polar surface area (TPSA) is 69.7 Å². The lowest BCUT2D eigenvalue weighted by Gasteiger charge is -2.31. The Morgan fingerprint density at radius 2 is 1.70 bits per heavy atom. The van der Waals surface area contributed by atoms with Gasteiger partial charge in [-0.05, 0) is 49.9 Å². The van der Waals surface area contributed by atoms with Gasteiger partial charge in [-0.15, -0.1) is 0 Å². The largest absolute Gasteiger partial charge is 0.371 e. The summed E-state index contributed by atoms with van der Waals surface area (Å²) < 4.78 is 27.3. The van der Waals surface area contributed by atoms with Crippen molar-refractivity contribution in [2.45, 2.75) is 44.0 Å². The number of sulfonamides is 1. The summed E-state index contributed by atoms with van der Waals surface area (Å²) in [6, 6.07) is 14.9. The first-order valence-electron chi connectivity index (χ1n) is 10.5. The molecule has 2 aromatic rings. The van der Waals surface area contributed by atoms with Gasteiger partial charge < -0.3 is 9.80 Å². The molecule has 0 aromatic heterocycles. The summed E-state index contributed by atoms with van der Waals surface area (Å²) in [6.07, 6.45) is 3.79. The molecule has 2 aromatic carbocycles. The Bertz CT molecular complexity index is 952. The maximum Gasteiger partial charge on any atom is 0.240 e. The Kier molecular flexibility index (Phi) is 7.50. The second-order valence-electron chi connectivity index (χ2n) is 7.89. The lowest BCUT2D eigenvalue weighted by molar-refractivity contribution is -0.130. The second kappa shape index (κ2) is 10.1. The molecule has 6 nitrogen and oxygen atoms in total. The zero-order valence-electron chi connectivity index (χ0n) is 17.8. The van der Waals surface area contributed by atoms with Gasteiger partial charge in [0.15, 0.2) is 0 Å². The van der Waals surface area contributed by atoms with Crippen LogP contribution < -0.4 is 9.62 Å². The van der Waals surface area contributed by atoms with Gasteiger partial charge in [-0.3, -0.25) is 4.79 Å². The van der Waals surface area contributed by atoms with Crippen LogP contribution in [0.25, 0.3) is 0 Å². The fraction of sp³-hybridized carbons (Fsp3) is 0.435. The van der Waals surface area contributed by atoms with Crippen LogP contribution in [0.3, 0.4) is 0 Å². The average molecular weight is 430 g/mol. The number of anilines is 1. The van der Waals surface area contributed by atoms with Crippen molar-refractivity contribution in [1.29, 1.82) is 0 Å². The van der Waals surface area contributed by atoms with Crippen LogP contribution in [-0.4, -0.2) is 45.9 Å². The molecule has 7 heteroatoms. The third-order valence-corrected chi connectivity index (χ3v) is 6.96. The third-order valence-electron chi connectivity index (χ3n) is 5.48. The first-order chi connectivity index (χ1) is 14.4. The van der Waals surface area contributed by atoms with E-state index < -0.39 is 10.0 Å². The van der Waals surface area contributed by atoms with Crippen molar-refractivity contribution in [1.82, 2.24) is 9.62 Å². The van der Waals surface area contributed by atoms with Crippen LogP contribution in [0.5, 0.6) is 0 Å². The smallest absolute Gasteiger partial charge is 0.240 e. The van der Waals surface area contributed by atoms with E-state index in [4.69, 9.17) is 0 Å². The molecule has 1 aliphatic heterocycles. The molecule has 1 amide bonds. The Hall–Kier alpha value is -2.38. The summed E-state index contributed by atoms with van der Waals surface area (Å²) in [6.45, 7) is 4.59. The summed E-state index contributed by atoms with van der Waals surface area (Å²) in [7, 11) is -1.84. The first kappa shape index (κ1) is 22.3. The predicted molar refractivity (Wildman–Crippen MR) is 120 cm³/mol. The van der Waals surface area contributed by atoms with Crippen LogP contribution in [0.4, 0.5) is 5.69 Å². The molecule has 1 aliphatic rings. The molecule has 1 N–H and O–H groups in total. The quantitative estimate of drug-likeness (QED) is 0.699. The molecule has 0 radical (unpaired) electrons. The van der Waals surface area contributed by atoms with Gasteiger partial charge in [-0.25, -0.2) is 13.1 Å². The molecule has 1 saturated heterocycles. The number of nitrogens with zero attached hydrogens (tertiary/aromatic N) is 2. The highest BCUT2D eigenvalue weighted by atomic mass is 32.2. The van der Waals surface area contributed by atoms with Gasteiger partial charge in [-0.2, -0.15) is 0 Å². The molecule has 3 rings (SSSR count).